The van der Waals surface area contributed by atoms with Crippen molar-refractivity contribution in [2.45, 2.75) is 12.5 Å². The largest absolute Gasteiger partial charge is 0.480 e. The lowest BCUT2D eigenvalue weighted by molar-refractivity contribution is -0.149. The third-order valence-electron chi connectivity index (χ3n) is 2.36. The summed E-state index contributed by atoms with van der Waals surface area (Å²) in [5.74, 6) is 3.69. The first-order chi connectivity index (χ1) is 8.06. The molecule has 92 valence electrons. The molecule has 0 aromatic heterocycles. The van der Waals surface area contributed by atoms with Gasteiger partial charge in [-0.05, 0) is 5.56 Å². The number of carboxylic acid groups (broad SMARTS) is 1. The number of rotatable bonds is 5. The van der Waals surface area contributed by atoms with Crippen LogP contribution in [-0.4, -0.2) is 34.6 Å². The van der Waals surface area contributed by atoms with Gasteiger partial charge < -0.3 is 10.8 Å². The van der Waals surface area contributed by atoms with E-state index in [1.54, 1.807) is 24.3 Å². The Morgan fingerprint density at radius 1 is 1.29 bits per heavy atom. The average molecular weight is 237 g/mol. The van der Waals surface area contributed by atoms with Gasteiger partial charge in [0.2, 0.25) is 0 Å². The van der Waals surface area contributed by atoms with E-state index in [1.165, 1.54) is 0 Å². The Labute approximate surface area is 98.8 Å². The summed E-state index contributed by atoms with van der Waals surface area (Å²) in [4.78, 5) is 22.3. The second-order valence-corrected chi connectivity index (χ2v) is 3.55. The van der Waals surface area contributed by atoms with Crippen LogP contribution in [0, 0.1) is 0 Å². The molecule has 0 aliphatic rings. The van der Waals surface area contributed by atoms with Crippen LogP contribution in [-0.2, 0) is 16.0 Å². The van der Waals surface area contributed by atoms with Gasteiger partial charge in [0.25, 0.3) is 5.91 Å². The molecule has 1 amide bonds. The molecule has 0 heterocycles. The summed E-state index contributed by atoms with van der Waals surface area (Å²) in [7, 11) is 0. The number of nitrogens with zero attached hydrogens (tertiary/aromatic N) is 1. The molecule has 6 heteroatoms. The number of hydrogen-bond acceptors (Lipinski definition) is 4. The minimum absolute atomic E-state index is 0.151. The Kier molecular flexibility index (Phi) is 4.62. The van der Waals surface area contributed by atoms with Crippen molar-refractivity contribution < 1.29 is 14.7 Å². The fourth-order valence-corrected chi connectivity index (χ4v) is 1.42. The van der Waals surface area contributed by atoms with E-state index >= 15 is 0 Å². The van der Waals surface area contributed by atoms with Gasteiger partial charge in [-0.25, -0.2) is 10.6 Å². The Morgan fingerprint density at radius 2 is 1.88 bits per heavy atom. The maximum Gasteiger partial charge on any atom is 0.328 e. The van der Waals surface area contributed by atoms with Gasteiger partial charge in [0.05, 0.1) is 6.54 Å². The molecule has 0 aliphatic heterocycles. The first-order valence-corrected chi connectivity index (χ1v) is 5.09. The van der Waals surface area contributed by atoms with E-state index in [-0.39, 0.29) is 13.0 Å². The minimum atomic E-state index is -1.15. The number of carboxylic acids is 1. The predicted molar refractivity (Wildman–Crippen MR) is 61.7 cm³/mol. The molecule has 6 nitrogen and oxygen atoms in total. The van der Waals surface area contributed by atoms with Gasteiger partial charge in [-0.15, -0.1) is 0 Å². The van der Waals surface area contributed by atoms with Crippen molar-refractivity contribution in [1.82, 2.24) is 5.01 Å². The smallest absolute Gasteiger partial charge is 0.328 e. The molecule has 0 saturated heterocycles. The zero-order valence-corrected chi connectivity index (χ0v) is 9.24. The quantitative estimate of drug-likeness (QED) is 0.358. The van der Waals surface area contributed by atoms with Crippen molar-refractivity contribution in [3.05, 3.63) is 35.9 Å². The molecule has 0 spiro atoms. The molecule has 0 unspecified atom stereocenters. The first kappa shape index (κ1) is 13.1. The van der Waals surface area contributed by atoms with E-state index in [9.17, 15) is 9.59 Å². The van der Waals surface area contributed by atoms with Crippen molar-refractivity contribution in [2.24, 2.45) is 11.6 Å². The SMILES string of the molecule is NCC(=O)N(N)[C@@H](Cc1ccccc1)C(=O)O. The molecule has 0 aliphatic carbocycles. The Bertz CT molecular complexity index is 394. The van der Waals surface area contributed by atoms with Crippen LogP contribution in [0.25, 0.3) is 0 Å². The van der Waals surface area contributed by atoms with E-state index in [2.05, 4.69) is 0 Å². The molecule has 0 fully saturated rings. The van der Waals surface area contributed by atoms with Gasteiger partial charge in [-0.2, -0.15) is 0 Å². The summed E-state index contributed by atoms with van der Waals surface area (Å²) in [6.07, 6.45) is 0.151. The van der Waals surface area contributed by atoms with Crippen molar-refractivity contribution in [3.63, 3.8) is 0 Å². The molecule has 1 rings (SSSR count). The van der Waals surface area contributed by atoms with E-state index in [1.807, 2.05) is 6.07 Å². The van der Waals surface area contributed by atoms with Gasteiger partial charge >= 0.3 is 5.97 Å². The normalized spacial score (nSPS) is 11.9. The second kappa shape index (κ2) is 5.97. The summed E-state index contributed by atoms with van der Waals surface area (Å²) in [5, 5.41) is 9.71. The molecular weight excluding hydrogens is 222 g/mol. The van der Waals surface area contributed by atoms with Crippen molar-refractivity contribution >= 4 is 11.9 Å². The average Bonchev–Trinajstić information content (AvgIpc) is 2.35. The van der Waals surface area contributed by atoms with E-state index in [0.29, 0.717) is 5.01 Å². The number of carbonyl (C=O) groups is 2. The third-order valence-corrected chi connectivity index (χ3v) is 2.36. The number of nitrogens with two attached hydrogens (primary N) is 2. The fraction of sp³-hybridized carbons (Fsp3) is 0.273. The van der Waals surface area contributed by atoms with Crippen LogP contribution in [0.15, 0.2) is 30.3 Å². The van der Waals surface area contributed by atoms with Crippen molar-refractivity contribution in [3.8, 4) is 0 Å². The maximum atomic E-state index is 11.3. The molecule has 0 bridgehead atoms. The number of aliphatic carboxylic acids is 1. The molecule has 1 aromatic rings. The number of benzene rings is 1. The lowest BCUT2D eigenvalue weighted by Gasteiger charge is -2.23. The zero-order chi connectivity index (χ0) is 12.8. The topological polar surface area (TPSA) is 110 Å². The Balaban J connectivity index is 2.81. The van der Waals surface area contributed by atoms with Crippen LogP contribution in [0.4, 0.5) is 0 Å². The highest BCUT2D eigenvalue weighted by Crippen LogP contribution is 2.07. The van der Waals surface area contributed by atoms with Crippen LogP contribution in [0.5, 0.6) is 0 Å². The van der Waals surface area contributed by atoms with E-state index in [0.717, 1.165) is 5.56 Å². The monoisotopic (exact) mass is 237 g/mol. The van der Waals surface area contributed by atoms with Crippen LogP contribution in [0.1, 0.15) is 5.56 Å². The fourth-order valence-electron chi connectivity index (χ4n) is 1.42. The highest BCUT2D eigenvalue weighted by atomic mass is 16.4. The van der Waals surface area contributed by atoms with Crippen molar-refractivity contribution in [1.29, 1.82) is 0 Å². The standard InChI is InChI=1S/C11H15N3O3/c12-7-10(15)14(13)9(11(16)17)6-8-4-2-1-3-5-8/h1-5,9H,6-7,12-13H2,(H,16,17)/t9-/m0/s1. The maximum absolute atomic E-state index is 11.3. The summed E-state index contributed by atoms with van der Waals surface area (Å²) in [5.41, 5.74) is 5.93. The number of carbonyl (C=O) groups excluding carboxylic acids is 1. The zero-order valence-electron chi connectivity index (χ0n) is 9.24. The number of amides is 1. The lowest BCUT2D eigenvalue weighted by atomic mass is 10.1. The van der Waals surface area contributed by atoms with Gasteiger partial charge in [0.1, 0.15) is 6.04 Å². The van der Waals surface area contributed by atoms with Gasteiger partial charge in [0, 0.05) is 6.42 Å². The Morgan fingerprint density at radius 3 is 2.35 bits per heavy atom. The molecular formula is C11H15N3O3. The molecule has 1 atom stereocenters. The minimum Gasteiger partial charge on any atom is -0.480 e. The third kappa shape index (κ3) is 3.54. The van der Waals surface area contributed by atoms with E-state index < -0.39 is 17.9 Å². The Hall–Kier alpha value is -1.92. The first-order valence-electron chi connectivity index (χ1n) is 5.09. The van der Waals surface area contributed by atoms with Gasteiger partial charge in [-0.1, -0.05) is 30.3 Å². The van der Waals surface area contributed by atoms with Crippen LogP contribution in [0.2, 0.25) is 0 Å². The highest BCUT2D eigenvalue weighted by Gasteiger charge is 2.26. The number of hydrogen-bond donors (Lipinski definition) is 3. The molecule has 1 aromatic carbocycles. The second-order valence-electron chi connectivity index (χ2n) is 3.55. The number of hydrazine groups is 1. The predicted octanol–water partition coefficient (Wildman–Crippen LogP) is -0.657. The van der Waals surface area contributed by atoms with Crippen LogP contribution in [0.3, 0.4) is 0 Å². The van der Waals surface area contributed by atoms with Gasteiger partial charge in [-0.3, -0.25) is 9.80 Å². The van der Waals surface area contributed by atoms with E-state index in [4.69, 9.17) is 16.7 Å². The lowest BCUT2D eigenvalue weighted by Crippen LogP contribution is -2.52. The molecule has 5 N–H and O–H groups in total. The summed E-state index contributed by atoms with van der Waals surface area (Å²) in [6, 6.07) is 7.85. The molecule has 0 saturated carbocycles. The van der Waals surface area contributed by atoms with Gasteiger partial charge in [0.15, 0.2) is 0 Å². The highest BCUT2D eigenvalue weighted by molar-refractivity contribution is 5.84. The van der Waals surface area contributed by atoms with Crippen molar-refractivity contribution in [2.75, 3.05) is 6.54 Å². The summed E-state index contributed by atoms with van der Waals surface area (Å²) in [6.45, 7) is -0.310. The molecule has 0 radical (unpaired) electrons. The summed E-state index contributed by atoms with van der Waals surface area (Å²) < 4.78 is 0. The molecule has 17 heavy (non-hydrogen) atoms. The van der Waals surface area contributed by atoms with Crippen LogP contribution >= 0.6 is 0 Å². The summed E-state index contributed by atoms with van der Waals surface area (Å²) >= 11 is 0. The van der Waals surface area contributed by atoms with Crippen LogP contribution < -0.4 is 11.6 Å².